The van der Waals surface area contributed by atoms with Crippen molar-refractivity contribution in [2.45, 2.75) is 34.1 Å². The summed E-state index contributed by atoms with van der Waals surface area (Å²) in [6.07, 6.45) is -0.0129. The Bertz CT molecular complexity index is 254. The van der Waals surface area contributed by atoms with E-state index in [1.165, 1.54) is 4.90 Å². The van der Waals surface area contributed by atoms with Gasteiger partial charge in [-0.2, -0.15) is 0 Å². The lowest BCUT2D eigenvalue weighted by molar-refractivity contribution is -0.137. The molecular formula is C12H24N2O3. The third kappa shape index (κ3) is 6.81. The molecule has 1 atom stereocenters. The molecule has 0 aliphatic heterocycles. The fraction of sp³-hybridized carbons (Fsp3) is 0.833. The summed E-state index contributed by atoms with van der Waals surface area (Å²) in [5.41, 5.74) is 0. The third-order valence-electron chi connectivity index (χ3n) is 2.98. The van der Waals surface area contributed by atoms with E-state index < -0.39 is 5.97 Å². The van der Waals surface area contributed by atoms with E-state index >= 15 is 0 Å². The molecule has 0 rings (SSSR count). The first-order valence-electron chi connectivity index (χ1n) is 6.13. The van der Waals surface area contributed by atoms with Crippen molar-refractivity contribution in [3.05, 3.63) is 0 Å². The number of nitrogens with zero attached hydrogens (tertiary/aromatic N) is 1. The number of urea groups is 1. The molecule has 2 amide bonds. The normalized spacial score (nSPS) is 12.3. The number of hydrogen-bond donors (Lipinski definition) is 2. The average Bonchev–Trinajstić information content (AvgIpc) is 2.25. The highest BCUT2D eigenvalue weighted by Crippen LogP contribution is 2.07. The maximum absolute atomic E-state index is 11.7. The fourth-order valence-corrected chi connectivity index (χ4v) is 1.23. The molecule has 2 N–H and O–H groups in total. The summed E-state index contributed by atoms with van der Waals surface area (Å²) in [5, 5.41) is 11.4. The van der Waals surface area contributed by atoms with Crippen molar-refractivity contribution < 1.29 is 14.7 Å². The summed E-state index contributed by atoms with van der Waals surface area (Å²) in [7, 11) is 0. The van der Waals surface area contributed by atoms with E-state index in [2.05, 4.69) is 26.1 Å². The zero-order chi connectivity index (χ0) is 13.4. The topological polar surface area (TPSA) is 69.6 Å². The van der Waals surface area contributed by atoms with Gasteiger partial charge in [0.05, 0.1) is 6.42 Å². The van der Waals surface area contributed by atoms with Crippen LogP contribution in [-0.2, 0) is 4.79 Å². The van der Waals surface area contributed by atoms with Crippen molar-refractivity contribution >= 4 is 12.0 Å². The van der Waals surface area contributed by atoms with Crippen LogP contribution in [0.3, 0.4) is 0 Å². The predicted molar refractivity (Wildman–Crippen MR) is 66.9 cm³/mol. The van der Waals surface area contributed by atoms with Gasteiger partial charge in [-0.3, -0.25) is 4.79 Å². The van der Waals surface area contributed by atoms with Crippen molar-refractivity contribution in [2.75, 3.05) is 19.6 Å². The lowest BCUT2D eigenvalue weighted by Crippen LogP contribution is -2.42. The Morgan fingerprint density at radius 3 is 2.29 bits per heavy atom. The molecular weight excluding hydrogens is 220 g/mol. The zero-order valence-corrected chi connectivity index (χ0v) is 11.2. The second kappa shape index (κ2) is 7.92. The summed E-state index contributed by atoms with van der Waals surface area (Å²) >= 11 is 0. The number of nitrogens with one attached hydrogen (secondary N) is 1. The lowest BCUT2D eigenvalue weighted by atomic mass is 9.98. The largest absolute Gasteiger partial charge is 0.481 e. The lowest BCUT2D eigenvalue weighted by Gasteiger charge is -2.23. The van der Waals surface area contributed by atoms with Crippen molar-refractivity contribution in [3.63, 3.8) is 0 Å². The Balaban J connectivity index is 4.04. The molecule has 0 aliphatic rings. The first-order chi connectivity index (χ1) is 7.88. The van der Waals surface area contributed by atoms with Gasteiger partial charge in [-0.25, -0.2) is 4.79 Å². The molecule has 0 aromatic carbocycles. The molecule has 0 spiro atoms. The van der Waals surface area contributed by atoms with Crippen LogP contribution in [0.2, 0.25) is 0 Å². The number of carboxylic acids is 1. The highest BCUT2D eigenvalue weighted by atomic mass is 16.4. The molecule has 5 heteroatoms. The molecule has 1 unspecified atom stereocenters. The van der Waals surface area contributed by atoms with E-state index in [9.17, 15) is 9.59 Å². The van der Waals surface area contributed by atoms with Crippen LogP contribution in [0.15, 0.2) is 0 Å². The molecule has 100 valence electrons. The molecule has 0 saturated carbocycles. The quantitative estimate of drug-likeness (QED) is 0.717. The van der Waals surface area contributed by atoms with Gasteiger partial charge >= 0.3 is 12.0 Å². The monoisotopic (exact) mass is 244 g/mol. The van der Waals surface area contributed by atoms with Crippen molar-refractivity contribution in [2.24, 2.45) is 11.8 Å². The minimum absolute atomic E-state index is 0.0129. The fourth-order valence-electron chi connectivity index (χ4n) is 1.23. The molecule has 17 heavy (non-hydrogen) atoms. The van der Waals surface area contributed by atoms with E-state index in [1.807, 2.05) is 6.92 Å². The van der Waals surface area contributed by atoms with Gasteiger partial charge in [0, 0.05) is 19.6 Å². The number of amides is 2. The van der Waals surface area contributed by atoms with Gasteiger partial charge in [0.25, 0.3) is 0 Å². The van der Waals surface area contributed by atoms with Crippen LogP contribution < -0.4 is 5.32 Å². The van der Waals surface area contributed by atoms with Crippen molar-refractivity contribution in [3.8, 4) is 0 Å². The maximum atomic E-state index is 11.7. The number of hydrogen-bond acceptors (Lipinski definition) is 2. The number of carbonyl (C=O) groups is 2. The third-order valence-corrected chi connectivity index (χ3v) is 2.98. The Morgan fingerprint density at radius 2 is 1.88 bits per heavy atom. The van der Waals surface area contributed by atoms with E-state index in [-0.39, 0.29) is 19.0 Å². The first kappa shape index (κ1) is 15.7. The summed E-state index contributed by atoms with van der Waals surface area (Å²) in [5.74, 6) is 0.0494. The Labute approximate surface area is 103 Å². The molecule has 0 fully saturated rings. The number of carboxylic acid groups (broad SMARTS) is 1. The summed E-state index contributed by atoms with van der Waals surface area (Å²) in [6.45, 7) is 9.55. The second-order valence-electron chi connectivity index (χ2n) is 4.63. The standard InChI is InChI=1S/C12H24N2O3/c1-5-14(7-6-11(15)16)12(17)13-8-10(4)9(2)3/h9-10H,5-8H2,1-4H3,(H,13,17)(H,15,16). The van der Waals surface area contributed by atoms with Crippen LogP contribution >= 0.6 is 0 Å². The van der Waals surface area contributed by atoms with Crippen molar-refractivity contribution in [1.82, 2.24) is 10.2 Å². The smallest absolute Gasteiger partial charge is 0.317 e. The highest BCUT2D eigenvalue weighted by Gasteiger charge is 2.14. The van der Waals surface area contributed by atoms with Crippen LogP contribution in [0.4, 0.5) is 4.79 Å². The molecule has 0 aromatic rings. The van der Waals surface area contributed by atoms with Crippen LogP contribution in [0, 0.1) is 11.8 Å². The van der Waals surface area contributed by atoms with Gasteiger partial charge in [-0.1, -0.05) is 20.8 Å². The van der Waals surface area contributed by atoms with E-state index in [4.69, 9.17) is 5.11 Å². The average molecular weight is 244 g/mol. The van der Waals surface area contributed by atoms with Crippen LogP contribution in [-0.4, -0.2) is 41.6 Å². The SMILES string of the molecule is CCN(CCC(=O)O)C(=O)NCC(C)C(C)C. The Kier molecular flexibility index (Phi) is 7.34. The minimum Gasteiger partial charge on any atom is -0.481 e. The van der Waals surface area contributed by atoms with Crippen LogP contribution in [0.5, 0.6) is 0 Å². The number of carbonyl (C=O) groups excluding carboxylic acids is 1. The van der Waals surface area contributed by atoms with E-state index in [1.54, 1.807) is 0 Å². The minimum atomic E-state index is -0.883. The second-order valence-corrected chi connectivity index (χ2v) is 4.63. The molecule has 0 aliphatic carbocycles. The zero-order valence-electron chi connectivity index (χ0n) is 11.2. The van der Waals surface area contributed by atoms with Gasteiger partial charge in [-0.15, -0.1) is 0 Å². The van der Waals surface area contributed by atoms with Gasteiger partial charge in [0.15, 0.2) is 0 Å². The Hall–Kier alpha value is -1.26. The summed E-state index contributed by atoms with van der Waals surface area (Å²) in [4.78, 5) is 23.7. The number of aliphatic carboxylic acids is 1. The summed E-state index contributed by atoms with van der Waals surface area (Å²) < 4.78 is 0. The molecule has 0 radical (unpaired) electrons. The van der Waals surface area contributed by atoms with Gasteiger partial charge in [0.1, 0.15) is 0 Å². The van der Waals surface area contributed by atoms with Gasteiger partial charge < -0.3 is 15.3 Å². The first-order valence-corrected chi connectivity index (χ1v) is 6.13. The van der Waals surface area contributed by atoms with Crippen LogP contribution in [0.1, 0.15) is 34.1 Å². The van der Waals surface area contributed by atoms with Crippen molar-refractivity contribution in [1.29, 1.82) is 0 Å². The number of rotatable bonds is 7. The maximum Gasteiger partial charge on any atom is 0.317 e. The molecule has 0 bridgehead atoms. The predicted octanol–water partition coefficient (Wildman–Crippen LogP) is 1.78. The Morgan fingerprint density at radius 1 is 1.29 bits per heavy atom. The van der Waals surface area contributed by atoms with E-state index in [0.29, 0.717) is 24.9 Å². The van der Waals surface area contributed by atoms with Crippen LogP contribution in [0.25, 0.3) is 0 Å². The van der Waals surface area contributed by atoms with Gasteiger partial charge in [-0.05, 0) is 18.8 Å². The van der Waals surface area contributed by atoms with Gasteiger partial charge in [0.2, 0.25) is 0 Å². The molecule has 0 heterocycles. The molecule has 0 aromatic heterocycles. The van der Waals surface area contributed by atoms with E-state index in [0.717, 1.165) is 0 Å². The highest BCUT2D eigenvalue weighted by molar-refractivity contribution is 5.75. The molecule has 0 saturated heterocycles. The summed E-state index contributed by atoms with van der Waals surface area (Å²) in [6, 6.07) is -0.179. The molecule has 5 nitrogen and oxygen atoms in total.